The van der Waals surface area contributed by atoms with E-state index in [2.05, 4.69) is 11.3 Å². The number of amides is 1. The molecule has 0 fully saturated rings. The van der Waals surface area contributed by atoms with Gasteiger partial charge in [-0.25, -0.2) is 9.59 Å². The molecule has 23 heavy (non-hydrogen) atoms. The maximum atomic E-state index is 12.6. The zero-order chi connectivity index (χ0) is 17.8. The van der Waals surface area contributed by atoms with Gasteiger partial charge in [0.25, 0.3) is 0 Å². The van der Waals surface area contributed by atoms with E-state index in [-0.39, 0.29) is 16.3 Å². The van der Waals surface area contributed by atoms with Crippen molar-refractivity contribution in [3.8, 4) is 0 Å². The molecule has 5 nitrogen and oxygen atoms in total. The predicted molar refractivity (Wildman–Crippen MR) is 77.2 cm³/mol. The van der Waals surface area contributed by atoms with Gasteiger partial charge in [0, 0.05) is 0 Å². The Kier molecular flexibility index (Phi) is 6.03. The molecule has 0 heterocycles. The molecule has 1 amide bonds. The minimum absolute atomic E-state index is 0.125. The third-order valence-electron chi connectivity index (χ3n) is 2.62. The number of hydrogen-bond donors (Lipinski definition) is 1. The molecule has 0 aliphatic heterocycles. The first kappa shape index (κ1) is 18.8. The van der Waals surface area contributed by atoms with Gasteiger partial charge in [0.1, 0.15) is 0 Å². The number of nitrogens with one attached hydrogen (secondary N) is 1. The van der Waals surface area contributed by atoms with Crippen LogP contribution in [0.15, 0.2) is 30.4 Å². The summed E-state index contributed by atoms with van der Waals surface area (Å²) in [7, 11) is 1.09. The van der Waals surface area contributed by atoms with Crippen LogP contribution in [-0.2, 0) is 20.4 Å². The van der Waals surface area contributed by atoms with Gasteiger partial charge >= 0.3 is 18.2 Å². The number of rotatable bonds is 4. The molecule has 1 atom stereocenters. The first-order chi connectivity index (χ1) is 10.6. The molecule has 0 aliphatic carbocycles. The second kappa shape index (κ2) is 7.36. The lowest BCUT2D eigenvalue weighted by molar-refractivity contribution is -0.148. The van der Waals surface area contributed by atoms with Gasteiger partial charge in [-0.3, -0.25) is 5.32 Å². The zero-order valence-electron chi connectivity index (χ0n) is 12.2. The fraction of sp³-hybridized carbons (Fsp3) is 0.286. The third kappa shape index (κ3) is 5.17. The molecule has 0 bridgehead atoms. The van der Waals surface area contributed by atoms with Gasteiger partial charge < -0.3 is 9.47 Å². The number of carbonyl (C=O) groups excluding carboxylic acids is 2. The summed E-state index contributed by atoms with van der Waals surface area (Å²) in [6.07, 6.45) is -7.16. The van der Waals surface area contributed by atoms with Crippen molar-refractivity contribution in [2.75, 3.05) is 12.4 Å². The van der Waals surface area contributed by atoms with Gasteiger partial charge in [-0.15, -0.1) is 0 Å². The topological polar surface area (TPSA) is 64.6 Å². The molecule has 1 aromatic rings. The van der Waals surface area contributed by atoms with Gasteiger partial charge in [-0.05, 0) is 30.7 Å². The van der Waals surface area contributed by atoms with E-state index in [4.69, 9.17) is 16.3 Å². The Bertz CT molecular complexity index is 631. The minimum atomic E-state index is -4.60. The summed E-state index contributed by atoms with van der Waals surface area (Å²) < 4.78 is 47.2. The van der Waals surface area contributed by atoms with Crippen molar-refractivity contribution < 1.29 is 32.2 Å². The summed E-state index contributed by atoms with van der Waals surface area (Å²) in [6, 6.07) is 2.40. The van der Waals surface area contributed by atoms with Crippen LogP contribution in [0.2, 0.25) is 5.02 Å². The van der Waals surface area contributed by atoms with Crippen LogP contribution in [0.5, 0.6) is 0 Å². The number of carbonyl (C=O) groups is 2. The maximum Gasteiger partial charge on any atom is 0.416 e. The molecule has 9 heteroatoms. The Morgan fingerprint density at radius 3 is 2.43 bits per heavy atom. The molecule has 0 aromatic heterocycles. The molecule has 1 rings (SSSR count). The lowest BCUT2D eigenvalue weighted by Crippen LogP contribution is -2.31. The number of benzene rings is 1. The molecular weight excluding hydrogens is 339 g/mol. The summed E-state index contributed by atoms with van der Waals surface area (Å²) in [6.45, 7) is 4.89. The quantitative estimate of drug-likeness (QED) is 0.657. The van der Waals surface area contributed by atoms with Crippen LogP contribution in [-0.4, -0.2) is 25.3 Å². The SMILES string of the molecule is C=C(C)C(OC(=O)Nc1cc(C(F)(F)F)ccc1Cl)C(=O)OC. The second-order valence-corrected chi connectivity index (χ2v) is 4.88. The molecule has 1 unspecified atom stereocenters. The van der Waals surface area contributed by atoms with E-state index in [1.165, 1.54) is 6.92 Å². The van der Waals surface area contributed by atoms with Crippen molar-refractivity contribution >= 4 is 29.4 Å². The van der Waals surface area contributed by atoms with Crippen molar-refractivity contribution in [1.29, 1.82) is 0 Å². The van der Waals surface area contributed by atoms with E-state index in [1.54, 1.807) is 0 Å². The number of esters is 1. The lowest BCUT2D eigenvalue weighted by Gasteiger charge is -2.17. The summed E-state index contributed by atoms with van der Waals surface area (Å²) in [4.78, 5) is 23.2. The van der Waals surface area contributed by atoms with Crippen LogP contribution in [0.25, 0.3) is 0 Å². The van der Waals surface area contributed by atoms with Gasteiger partial charge in [0.05, 0.1) is 23.4 Å². The average Bonchev–Trinajstić information content (AvgIpc) is 2.44. The van der Waals surface area contributed by atoms with Crippen LogP contribution >= 0.6 is 11.6 Å². The zero-order valence-corrected chi connectivity index (χ0v) is 12.9. The minimum Gasteiger partial charge on any atom is -0.466 e. The number of alkyl halides is 3. The summed E-state index contributed by atoms with van der Waals surface area (Å²) >= 11 is 5.73. The molecular formula is C14H13ClF3NO4. The van der Waals surface area contributed by atoms with Crippen molar-refractivity contribution in [1.82, 2.24) is 0 Å². The van der Waals surface area contributed by atoms with Crippen molar-refractivity contribution in [2.45, 2.75) is 19.2 Å². The van der Waals surface area contributed by atoms with Gasteiger partial charge in [-0.2, -0.15) is 13.2 Å². The van der Waals surface area contributed by atoms with E-state index in [9.17, 15) is 22.8 Å². The molecule has 0 saturated heterocycles. The van der Waals surface area contributed by atoms with Crippen LogP contribution in [0.3, 0.4) is 0 Å². The summed E-state index contributed by atoms with van der Waals surface area (Å²) in [5.41, 5.74) is -1.12. The fourth-order valence-electron chi connectivity index (χ4n) is 1.50. The fourth-order valence-corrected chi connectivity index (χ4v) is 1.67. The largest absolute Gasteiger partial charge is 0.466 e. The standard InChI is InChI=1S/C14H13ClF3NO4/c1-7(2)11(12(20)22-3)23-13(21)19-10-6-8(14(16,17)18)4-5-9(10)15/h4-6,11H,1H2,2-3H3,(H,19,21). The predicted octanol–water partition coefficient (Wildman–Crippen LogP) is 4.03. The first-order valence-corrected chi connectivity index (χ1v) is 6.51. The number of halogens is 4. The Hall–Kier alpha value is -2.22. The maximum absolute atomic E-state index is 12.6. The van der Waals surface area contributed by atoms with Gasteiger partial charge in [-0.1, -0.05) is 18.2 Å². The first-order valence-electron chi connectivity index (χ1n) is 6.14. The monoisotopic (exact) mass is 351 g/mol. The molecule has 0 aliphatic rings. The highest BCUT2D eigenvalue weighted by molar-refractivity contribution is 6.33. The third-order valence-corrected chi connectivity index (χ3v) is 2.95. The van der Waals surface area contributed by atoms with Crippen LogP contribution in [0, 0.1) is 0 Å². The Morgan fingerprint density at radius 1 is 1.35 bits per heavy atom. The molecule has 126 valence electrons. The highest BCUT2D eigenvalue weighted by Crippen LogP contribution is 2.33. The number of ether oxygens (including phenoxy) is 2. The molecule has 1 N–H and O–H groups in total. The number of hydrogen-bond acceptors (Lipinski definition) is 4. The molecule has 1 aromatic carbocycles. The van der Waals surface area contributed by atoms with Gasteiger partial charge in [0.2, 0.25) is 6.10 Å². The Labute approximate surface area is 135 Å². The van der Waals surface area contributed by atoms with E-state index in [1.807, 2.05) is 5.32 Å². The Balaban J connectivity index is 2.93. The highest BCUT2D eigenvalue weighted by atomic mass is 35.5. The van der Waals surface area contributed by atoms with Crippen molar-refractivity contribution in [3.05, 3.63) is 40.9 Å². The lowest BCUT2D eigenvalue weighted by atomic mass is 10.2. The van der Waals surface area contributed by atoms with E-state index in [0.717, 1.165) is 19.2 Å². The summed E-state index contributed by atoms with van der Waals surface area (Å²) in [5.74, 6) is -0.872. The Morgan fingerprint density at radius 2 is 1.96 bits per heavy atom. The van der Waals surface area contributed by atoms with E-state index >= 15 is 0 Å². The summed E-state index contributed by atoms with van der Waals surface area (Å²) in [5, 5.41) is 1.92. The van der Waals surface area contributed by atoms with Crippen LogP contribution in [0.1, 0.15) is 12.5 Å². The molecule has 0 radical (unpaired) electrons. The molecule has 0 spiro atoms. The van der Waals surface area contributed by atoms with Crippen molar-refractivity contribution in [2.24, 2.45) is 0 Å². The second-order valence-electron chi connectivity index (χ2n) is 4.47. The average molecular weight is 352 g/mol. The van der Waals surface area contributed by atoms with Crippen LogP contribution < -0.4 is 5.32 Å². The number of anilines is 1. The van der Waals surface area contributed by atoms with Gasteiger partial charge in [0.15, 0.2) is 0 Å². The van der Waals surface area contributed by atoms with E-state index < -0.39 is 29.9 Å². The van der Waals surface area contributed by atoms with E-state index in [0.29, 0.717) is 6.07 Å². The normalized spacial score (nSPS) is 12.3. The van der Waals surface area contributed by atoms with Crippen LogP contribution in [0.4, 0.5) is 23.7 Å². The highest BCUT2D eigenvalue weighted by Gasteiger charge is 2.31. The van der Waals surface area contributed by atoms with Crippen molar-refractivity contribution in [3.63, 3.8) is 0 Å². The molecule has 0 saturated carbocycles. The number of methoxy groups -OCH3 is 1. The smallest absolute Gasteiger partial charge is 0.416 e.